The lowest BCUT2D eigenvalue weighted by Gasteiger charge is -2.43. The molecule has 0 bridgehead atoms. The maximum absolute atomic E-state index is 6.28. The molecule has 2 N–H and O–H groups in total. The van der Waals surface area contributed by atoms with Crippen molar-refractivity contribution in [3.05, 3.63) is 0 Å². The summed E-state index contributed by atoms with van der Waals surface area (Å²) in [6.07, 6.45) is 6.70. The Hall–Kier alpha value is -0.160. The van der Waals surface area contributed by atoms with Crippen LogP contribution in [0.5, 0.6) is 0 Å². The highest BCUT2D eigenvalue weighted by Crippen LogP contribution is 2.37. The zero-order valence-electron chi connectivity index (χ0n) is 11.9. The molecule has 1 spiro atoms. The number of hydrogen-bond acceptors (Lipinski definition) is 4. The first kappa shape index (κ1) is 14.3. The molecular formula is C14H28N2O2. The summed E-state index contributed by atoms with van der Waals surface area (Å²) in [5.74, 6) is -0.320. The molecule has 0 aromatic heterocycles. The third-order valence-corrected chi connectivity index (χ3v) is 4.37. The molecule has 0 aromatic carbocycles. The van der Waals surface area contributed by atoms with Gasteiger partial charge >= 0.3 is 0 Å². The van der Waals surface area contributed by atoms with Crippen LogP contribution in [0.1, 0.15) is 45.4 Å². The number of likely N-dealkylation sites (N-methyl/N-ethyl adjacent to an activating group) is 1. The van der Waals surface area contributed by atoms with Crippen LogP contribution in [0.15, 0.2) is 0 Å². The summed E-state index contributed by atoms with van der Waals surface area (Å²) in [4.78, 5) is 2.41. The second kappa shape index (κ2) is 6.33. The first-order chi connectivity index (χ1) is 8.67. The summed E-state index contributed by atoms with van der Waals surface area (Å²) in [5.41, 5.74) is 6.28. The van der Waals surface area contributed by atoms with Gasteiger partial charge in [-0.2, -0.15) is 0 Å². The maximum Gasteiger partial charge on any atom is 0.170 e. The Morgan fingerprint density at radius 1 is 1.28 bits per heavy atom. The fourth-order valence-electron chi connectivity index (χ4n) is 3.17. The summed E-state index contributed by atoms with van der Waals surface area (Å²) in [7, 11) is 2.19. The quantitative estimate of drug-likeness (QED) is 0.761. The van der Waals surface area contributed by atoms with Crippen LogP contribution in [0.2, 0.25) is 0 Å². The highest BCUT2D eigenvalue weighted by Gasteiger charge is 2.45. The van der Waals surface area contributed by atoms with Crippen molar-refractivity contribution < 1.29 is 9.47 Å². The van der Waals surface area contributed by atoms with Crippen molar-refractivity contribution in [2.45, 2.75) is 63.3 Å². The molecule has 0 amide bonds. The molecule has 2 fully saturated rings. The van der Waals surface area contributed by atoms with Crippen molar-refractivity contribution >= 4 is 0 Å². The van der Waals surface area contributed by atoms with Gasteiger partial charge in [0.15, 0.2) is 5.79 Å². The van der Waals surface area contributed by atoms with Gasteiger partial charge in [0, 0.05) is 24.9 Å². The summed E-state index contributed by atoms with van der Waals surface area (Å²) in [5, 5.41) is 0. The van der Waals surface area contributed by atoms with Gasteiger partial charge in [-0.1, -0.05) is 19.8 Å². The van der Waals surface area contributed by atoms with Crippen LogP contribution < -0.4 is 5.73 Å². The van der Waals surface area contributed by atoms with Crippen LogP contribution >= 0.6 is 0 Å². The molecule has 2 aliphatic rings. The summed E-state index contributed by atoms with van der Waals surface area (Å²) in [6, 6.07) is 0.656. The van der Waals surface area contributed by atoms with Crippen LogP contribution in [-0.4, -0.2) is 49.6 Å². The van der Waals surface area contributed by atoms with E-state index >= 15 is 0 Å². The van der Waals surface area contributed by atoms with Crippen molar-refractivity contribution in [3.8, 4) is 0 Å². The number of hydrogen-bond donors (Lipinski definition) is 1. The van der Waals surface area contributed by atoms with Gasteiger partial charge in [0.2, 0.25) is 0 Å². The molecule has 106 valence electrons. The van der Waals surface area contributed by atoms with E-state index in [9.17, 15) is 0 Å². The molecular weight excluding hydrogens is 228 g/mol. The number of nitrogens with two attached hydrogens (primary N) is 1. The van der Waals surface area contributed by atoms with Crippen molar-refractivity contribution in [3.63, 3.8) is 0 Å². The Bertz CT molecular complexity index is 254. The Morgan fingerprint density at radius 2 is 2.00 bits per heavy atom. The Kier molecular flexibility index (Phi) is 5.01. The predicted octanol–water partition coefficient (Wildman–Crippen LogP) is 1.73. The monoisotopic (exact) mass is 256 g/mol. The average molecular weight is 256 g/mol. The van der Waals surface area contributed by atoms with Crippen molar-refractivity contribution in [1.82, 2.24) is 4.90 Å². The third kappa shape index (κ3) is 3.23. The highest BCUT2D eigenvalue weighted by atomic mass is 16.7. The van der Waals surface area contributed by atoms with Gasteiger partial charge in [-0.3, -0.25) is 0 Å². The van der Waals surface area contributed by atoms with E-state index in [1.54, 1.807) is 0 Å². The molecule has 2 unspecified atom stereocenters. The minimum absolute atomic E-state index is 0.259. The topological polar surface area (TPSA) is 47.7 Å². The fourth-order valence-corrected chi connectivity index (χ4v) is 3.17. The molecule has 4 heteroatoms. The first-order valence-electron chi connectivity index (χ1n) is 7.40. The van der Waals surface area contributed by atoms with Gasteiger partial charge < -0.3 is 20.1 Å². The molecule has 18 heavy (non-hydrogen) atoms. The first-order valence-corrected chi connectivity index (χ1v) is 7.40. The van der Waals surface area contributed by atoms with E-state index in [4.69, 9.17) is 15.2 Å². The second-order valence-electron chi connectivity index (χ2n) is 5.77. The third-order valence-electron chi connectivity index (χ3n) is 4.37. The average Bonchev–Trinajstić information content (AvgIpc) is 2.81. The number of rotatable bonds is 5. The molecule has 1 aliphatic heterocycles. The van der Waals surface area contributed by atoms with Crippen LogP contribution in [0.4, 0.5) is 0 Å². The summed E-state index contributed by atoms with van der Waals surface area (Å²) >= 11 is 0. The van der Waals surface area contributed by atoms with E-state index < -0.39 is 0 Å². The lowest BCUT2D eigenvalue weighted by Crippen LogP contribution is -2.55. The number of nitrogens with zero attached hydrogens (tertiary/aromatic N) is 1. The fraction of sp³-hybridized carbons (Fsp3) is 1.00. The second-order valence-corrected chi connectivity index (χ2v) is 5.77. The van der Waals surface area contributed by atoms with Gasteiger partial charge in [0.05, 0.1) is 13.2 Å². The molecule has 1 saturated heterocycles. The minimum atomic E-state index is -0.320. The summed E-state index contributed by atoms with van der Waals surface area (Å²) in [6.45, 7) is 4.84. The molecule has 4 nitrogen and oxygen atoms in total. The van der Waals surface area contributed by atoms with Crippen LogP contribution in [0.3, 0.4) is 0 Å². The van der Waals surface area contributed by atoms with Crippen molar-refractivity contribution in [2.24, 2.45) is 5.73 Å². The van der Waals surface area contributed by atoms with Crippen LogP contribution in [-0.2, 0) is 9.47 Å². The van der Waals surface area contributed by atoms with Crippen molar-refractivity contribution in [1.29, 1.82) is 0 Å². The Morgan fingerprint density at radius 3 is 2.67 bits per heavy atom. The molecule has 0 radical (unpaired) electrons. The number of unbranched alkanes of at least 4 members (excludes halogenated alkanes) is 2. The normalized spacial score (nSPS) is 31.3. The van der Waals surface area contributed by atoms with Gasteiger partial charge in [-0.25, -0.2) is 0 Å². The van der Waals surface area contributed by atoms with E-state index in [2.05, 4.69) is 18.9 Å². The zero-order chi connectivity index (χ0) is 13.0. The van der Waals surface area contributed by atoms with Gasteiger partial charge in [-0.15, -0.1) is 0 Å². The molecule has 0 aromatic rings. The lowest BCUT2D eigenvalue weighted by atomic mass is 9.85. The van der Waals surface area contributed by atoms with Crippen LogP contribution in [0.25, 0.3) is 0 Å². The van der Waals surface area contributed by atoms with Gasteiger partial charge in [0.1, 0.15) is 0 Å². The summed E-state index contributed by atoms with van der Waals surface area (Å²) < 4.78 is 11.7. The minimum Gasteiger partial charge on any atom is -0.347 e. The largest absolute Gasteiger partial charge is 0.347 e. The lowest BCUT2D eigenvalue weighted by molar-refractivity contribution is -0.190. The molecule has 2 atom stereocenters. The van der Waals surface area contributed by atoms with Crippen molar-refractivity contribution in [2.75, 3.05) is 26.8 Å². The molecule has 2 rings (SSSR count). The van der Waals surface area contributed by atoms with Gasteiger partial charge in [0.25, 0.3) is 0 Å². The Labute approximate surface area is 111 Å². The van der Waals surface area contributed by atoms with Gasteiger partial charge in [-0.05, 0) is 26.4 Å². The smallest absolute Gasteiger partial charge is 0.170 e. The van der Waals surface area contributed by atoms with E-state index in [0.29, 0.717) is 6.04 Å². The standard InChI is InChI=1S/C14H28N2O2/c1-3-4-5-8-16(2)13-11-14(7-6-12(13)15)17-9-10-18-14/h12-13H,3-11,15H2,1-2H3. The zero-order valence-corrected chi connectivity index (χ0v) is 11.9. The number of ether oxygens (including phenoxy) is 2. The van der Waals surface area contributed by atoms with E-state index in [1.165, 1.54) is 19.3 Å². The van der Waals surface area contributed by atoms with E-state index in [0.717, 1.165) is 39.0 Å². The molecule has 1 aliphatic carbocycles. The van der Waals surface area contributed by atoms with E-state index in [1.807, 2.05) is 0 Å². The highest BCUT2D eigenvalue weighted by molar-refractivity contribution is 4.94. The van der Waals surface area contributed by atoms with E-state index in [-0.39, 0.29) is 11.8 Å². The Balaban J connectivity index is 1.88. The van der Waals surface area contributed by atoms with Crippen LogP contribution in [0, 0.1) is 0 Å². The molecule has 1 heterocycles. The molecule has 1 saturated carbocycles. The predicted molar refractivity (Wildman–Crippen MR) is 72.4 cm³/mol. The SMILES string of the molecule is CCCCCN(C)C1CC2(CCC1N)OCCO2. The maximum atomic E-state index is 6.28.